The van der Waals surface area contributed by atoms with Crippen molar-refractivity contribution in [2.24, 2.45) is 5.10 Å². The van der Waals surface area contributed by atoms with Crippen molar-refractivity contribution >= 4 is 52.5 Å². The Labute approximate surface area is 192 Å². The lowest BCUT2D eigenvalue weighted by molar-refractivity contribution is -0.118. The van der Waals surface area contributed by atoms with Crippen LogP contribution in [-0.4, -0.2) is 33.8 Å². The standard InChI is InChI=1S/C23H17ClN4O3S/c24-17-9-7-16(8-10-17)22(30)31-18-11-5-15(6-12-18)13-25-28-21(29)14-32-23-26-19-3-1-2-4-20(19)27-23/h1-13H,14H2,(H,26,27)(H,28,29)/b25-13-. The van der Waals surface area contributed by atoms with Crippen molar-refractivity contribution in [2.45, 2.75) is 5.16 Å². The lowest BCUT2D eigenvalue weighted by atomic mass is 10.2. The molecule has 1 aromatic heterocycles. The van der Waals surface area contributed by atoms with Crippen molar-refractivity contribution < 1.29 is 14.3 Å². The Bertz CT molecular complexity index is 1240. The molecule has 0 aliphatic carbocycles. The van der Waals surface area contributed by atoms with Crippen molar-refractivity contribution in [3.8, 4) is 5.75 Å². The van der Waals surface area contributed by atoms with Gasteiger partial charge in [0.1, 0.15) is 5.75 Å². The number of imidazole rings is 1. The van der Waals surface area contributed by atoms with Crippen LogP contribution in [0.1, 0.15) is 15.9 Å². The van der Waals surface area contributed by atoms with Gasteiger partial charge in [0, 0.05) is 5.02 Å². The minimum atomic E-state index is -0.475. The fourth-order valence-electron chi connectivity index (χ4n) is 2.72. The second-order valence-electron chi connectivity index (χ2n) is 6.61. The molecule has 1 heterocycles. The third kappa shape index (κ3) is 5.75. The number of nitrogens with zero attached hydrogens (tertiary/aromatic N) is 2. The molecular formula is C23H17ClN4O3S. The maximum absolute atomic E-state index is 12.1. The molecule has 160 valence electrons. The number of fused-ring (bicyclic) bond motifs is 1. The van der Waals surface area contributed by atoms with E-state index >= 15 is 0 Å². The van der Waals surface area contributed by atoms with Crippen LogP contribution in [0.15, 0.2) is 83.1 Å². The van der Waals surface area contributed by atoms with Crippen LogP contribution in [0.3, 0.4) is 0 Å². The third-order valence-electron chi connectivity index (χ3n) is 4.28. The van der Waals surface area contributed by atoms with Crippen molar-refractivity contribution in [3.63, 3.8) is 0 Å². The average Bonchev–Trinajstić information content (AvgIpc) is 3.22. The number of H-pyrrole nitrogens is 1. The molecule has 0 aliphatic rings. The number of hydrogen-bond acceptors (Lipinski definition) is 6. The number of halogens is 1. The SMILES string of the molecule is O=C(CSc1nc2ccccc2[nH]1)N/N=C\c1ccc(OC(=O)c2ccc(Cl)cc2)cc1. The molecule has 0 radical (unpaired) electrons. The molecule has 4 aromatic rings. The van der Waals surface area contributed by atoms with Crippen LogP contribution in [0, 0.1) is 0 Å². The van der Waals surface area contributed by atoms with Crippen LogP contribution in [0.25, 0.3) is 11.0 Å². The van der Waals surface area contributed by atoms with Gasteiger partial charge in [-0.05, 0) is 66.2 Å². The van der Waals surface area contributed by atoms with E-state index in [1.54, 1.807) is 48.5 Å². The lowest BCUT2D eigenvalue weighted by Gasteiger charge is -2.04. The minimum absolute atomic E-state index is 0.177. The van der Waals surface area contributed by atoms with Gasteiger partial charge >= 0.3 is 5.97 Å². The highest BCUT2D eigenvalue weighted by Gasteiger charge is 2.08. The Balaban J connectivity index is 1.24. The number of carbonyl (C=O) groups is 2. The van der Waals surface area contributed by atoms with E-state index in [4.69, 9.17) is 16.3 Å². The highest BCUT2D eigenvalue weighted by molar-refractivity contribution is 7.99. The summed E-state index contributed by atoms with van der Waals surface area (Å²) in [7, 11) is 0. The molecule has 7 nitrogen and oxygen atoms in total. The number of carbonyl (C=O) groups excluding carboxylic acids is 2. The van der Waals surface area contributed by atoms with Gasteiger partial charge in [-0.2, -0.15) is 5.10 Å². The third-order valence-corrected chi connectivity index (χ3v) is 5.41. The number of rotatable bonds is 7. The van der Waals surface area contributed by atoms with Gasteiger partial charge in [0.25, 0.3) is 5.91 Å². The van der Waals surface area contributed by atoms with Gasteiger partial charge in [0.2, 0.25) is 0 Å². The summed E-state index contributed by atoms with van der Waals surface area (Å²) in [5.74, 6) is -0.151. The number of hydrazone groups is 1. The largest absolute Gasteiger partial charge is 0.423 e. The van der Waals surface area contributed by atoms with Crippen LogP contribution in [0.2, 0.25) is 5.02 Å². The Morgan fingerprint density at radius 2 is 1.81 bits per heavy atom. The van der Waals surface area contributed by atoms with E-state index in [-0.39, 0.29) is 11.7 Å². The fraction of sp³-hybridized carbons (Fsp3) is 0.0435. The molecule has 9 heteroatoms. The van der Waals surface area contributed by atoms with Crippen molar-refractivity contribution in [1.82, 2.24) is 15.4 Å². The predicted molar refractivity (Wildman–Crippen MR) is 125 cm³/mol. The molecule has 0 saturated carbocycles. The molecule has 0 saturated heterocycles. The molecule has 4 rings (SSSR count). The Hall–Kier alpha value is -3.62. The molecule has 0 unspecified atom stereocenters. The number of esters is 1. The monoisotopic (exact) mass is 464 g/mol. The van der Waals surface area contributed by atoms with Gasteiger partial charge < -0.3 is 9.72 Å². The second kappa shape index (κ2) is 10.1. The summed E-state index contributed by atoms with van der Waals surface area (Å²) in [6.07, 6.45) is 1.51. The first-order valence-corrected chi connectivity index (χ1v) is 10.9. The van der Waals surface area contributed by atoms with Gasteiger partial charge in [-0.15, -0.1) is 0 Å². The van der Waals surface area contributed by atoms with Gasteiger partial charge in [-0.3, -0.25) is 4.79 Å². The van der Waals surface area contributed by atoms with Crippen molar-refractivity contribution in [1.29, 1.82) is 0 Å². The Morgan fingerprint density at radius 1 is 1.06 bits per heavy atom. The molecule has 0 bridgehead atoms. The van der Waals surface area contributed by atoms with Gasteiger partial charge in [0.15, 0.2) is 5.16 Å². The molecule has 32 heavy (non-hydrogen) atoms. The zero-order valence-electron chi connectivity index (χ0n) is 16.6. The molecule has 1 amide bonds. The summed E-state index contributed by atoms with van der Waals surface area (Å²) in [6.45, 7) is 0. The quantitative estimate of drug-likeness (QED) is 0.136. The van der Waals surface area contributed by atoms with Crippen LogP contribution >= 0.6 is 23.4 Å². The first-order valence-electron chi connectivity index (χ1n) is 9.54. The van der Waals surface area contributed by atoms with Gasteiger partial charge in [-0.25, -0.2) is 15.2 Å². The molecule has 0 fully saturated rings. The van der Waals surface area contributed by atoms with Crippen LogP contribution in [-0.2, 0) is 4.79 Å². The molecule has 0 spiro atoms. The van der Waals surface area contributed by atoms with E-state index in [2.05, 4.69) is 20.5 Å². The molecule has 3 aromatic carbocycles. The normalized spacial score (nSPS) is 11.0. The fourth-order valence-corrected chi connectivity index (χ4v) is 3.52. The number of nitrogens with one attached hydrogen (secondary N) is 2. The molecular weight excluding hydrogens is 448 g/mol. The zero-order chi connectivity index (χ0) is 22.3. The number of thioether (sulfide) groups is 1. The summed E-state index contributed by atoms with van der Waals surface area (Å²) in [6, 6.07) is 20.9. The van der Waals surface area contributed by atoms with Gasteiger partial charge in [0.05, 0.1) is 28.6 Å². The maximum Gasteiger partial charge on any atom is 0.343 e. The first-order chi connectivity index (χ1) is 15.6. The van der Waals surface area contributed by atoms with E-state index in [1.807, 2.05) is 24.3 Å². The molecule has 0 aliphatic heterocycles. The van der Waals surface area contributed by atoms with Crippen LogP contribution in [0.5, 0.6) is 5.75 Å². The summed E-state index contributed by atoms with van der Waals surface area (Å²) in [5, 5.41) is 5.18. The van der Waals surface area contributed by atoms with E-state index in [0.717, 1.165) is 16.6 Å². The number of aromatic amines is 1. The van der Waals surface area contributed by atoms with Crippen LogP contribution < -0.4 is 10.2 Å². The van der Waals surface area contributed by atoms with E-state index in [1.165, 1.54) is 18.0 Å². The number of ether oxygens (including phenoxy) is 1. The maximum atomic E-state index is 12.1. The molecule has 0 atom stereocenters. The Morgan fingerprint density at radius 3 is 2.56 bits per heavy atom. The van der Waals surface area contributed by atoms with E-state index in [9.17, 15) is 9.59 Å². The lowest BCUT2D eigenvalue weighted by Crippen LogP contribution is -2.19. The summed E-state index contributed by atoms with van der Waals surface area (Å²) in [5.41, 5.74) is 5.41. The number of aromatic nitrogens is 2. The predicted octanol–water partition coefficient (Wildman–Crippen LogP) is 4.68. The average molecular weight is 465 g/mol. The van der Waals surface area contributed by atoms with E-state index < -0.39 is 5.97 Å². The highest BCUT2D eigenvalue weighted by Crippen LogP contribution is 2.19. The zero-order valence-corrected chi connectivity index (χ0v) is 18.2. The van der Waals surface area contributed by atoms with Crippen molar-refractivity contribution in [2.75, 3.05) is 5.75 Å². The summed E-state index contributed by atoms with van der Waals surface area (Å²) >= 11 is 7.12. The summed E-state index contributed by atoms with van der Waals surface area (Å²) in [4.78, 5) is 31.7. The van der Waals surface area contributed by atoms with Crippen LogP contribution in [0.4, 0.5) is 0 Å². The number of benzene rings is 3. The number of para-hydroxylation sites is 2. The first kappa shape index (κ1) is 21.6. The second-order valence-corrected chi connectivity index (χ2v) is 8.01. The highest BCUT2D eigenvalue weighted by atomic mass is 35.5. The summed E-state index contributed by atoms with van der Waals surface area (Å²) < 4.78 is 5.33. The smallest absolute Gasteiger partial charge is 0.343 e. The number of amides is 1. The Kier molecular flexibility index (Phi) is 6.84. The number of hydrogen-bond donors (Lipinski definition) is 2. The van der Waals surface area contributed by atoms with Crippen molar-refractivity contribution in [3.05, 3.63) is 88.9 Å². The van der Waals surface area contributed by atoms with E-state index in [0.29, 0.717) is 21.5 Å². The molecule has 2 N–H and O–H groups in total. The van der Waals surface area contributed by atoms with Gasteiger partial charge in [-0.1, -0.05) is 35.5 Å². The minimum Gasteiger partial charge on any atom is -0.423 e. The topological polar surface area (TPSA) is 96.4 Å².